The van der Waals surface area contributed by atoms with Gasteiger partial charge in [-0.1, -0.05) is 41.0 Å². The number of nitrogens with one attached hydrogen (secondary N) is 2. The van der Waals surface area contributed by atoms with Crippen molar-refractivity contribution in [2.75, 3.05) is 79.2 Å². The highest BCUT2D eigenvalue weighted by Gasteiger charge is 2.16. The van der Waals surface area contributed by atoms with Gasteiger partial charge in [0.2, 0.25) is 11.8 Å². The zero-order chi connectivity index (χ0) is 25.5. The lowest BCUT2D eigenvalue weighted by atomic mass is 9.90. The van der Waals surface area contributed by atoms with Gasteiger partial charge in [0.25, 0.3) is 0 Å². The summed E-state index contributed by atoms with van der Waals surface area (Å²) in [5.41, 5.74) is 0.101. The van der Waals surface area contributed by atoms with Gasteiger partial charge in [0.15, 0.2) is 0 Å². The molecular weight excluding hydrogens is 440 g/mol. The van der Waals surface area contributed by atoms with Crippen LogP contribution in [0, 0.1) is 11.3 Å². The van der Waals surface area contributed by atoms with Crippen molar-refractivity contribution in [3.05, 3.63) is 0 Å². The van der Waals surface area contributed by atoms with Crippen molar-refractivity contribution in [2.45, 2.75) is 60.3 Å². The molecule has 1 atom stereocenters. The molecule has 0 saturated heterocycles. The van der Waals surface area contributed by atoms with E-state index in [0.29, 0.717) is 72.6 Å². The lowest BCUT2D eigenvalue weighted by molar-refractivity contribution is -0.127. The first-order chi connectivity index (χ1) is 16.4. The second-order valence-electron chi connectivity index (χ2n) is 8.98. The van der Waals surface area contributed by atoms with Crippen LogP contribution in [0.3, 0.4) is 0 Å². The lowest BCUT2D eigenvalue weighted by Gasteiger charge is -2.22. The van der Waals surface area contributed by atoms with E-state index in [4.69, 9.17) is 23.7 Å². The van der Waals surface area contributed by atoms with Gasteiger partial charge >= 0.3 is 0 Å². The van der Waals surface area contributed by atoms with E-state index in [1.54, 1.807) is 0 Å². The highest BCUT2D eigenvalue weighted by Crippen LogP contribution is 2.17. The van der Waals surface area contributed by atoms with Gasteiger partial charge in [0, 0.05) is 19.0 Å². The normalized spacial score (nSPS) is 12.5. The Morgan fingerprint density at radius 2 is 1.24 bits per heavy atom. The highest BCUT2D eigenvalue weighted by atomic mass is 16.6. The largest absolute Gasteiger partial charge is 0.377 e. The molecule has 0 radical (unpaired) electrons. The minimum Gasteiger partial charge on any atom is -0.377 e. The van der Waals surface area contributed by atoms with E-state index < -0.39 is 0 Å². The predicted molar refractivity (Wildman–Crippen MR) is 133 cm³/mol. The summed E-state index contributed by atoms with van der Waals surface area (Å²) in [6, 6.07) is 0. The van der Waals surface area contributed by atoms with Gasteiger partial charge in [0.1, 0.15) is 6.61 Å². The second-order valence-corrected chi connectivity index (χ2v) is 8.98. The molecule has 9 nitrogen and oxygen atoms in total. The number of amides is 2. The van der Waals surface area contributed by atoms with E-state index in [-0.39, 0.29) is 29.8 Å². The van der Waals surface area contributed by atoms with E-state index in [9.17, 15) is 9.59 Å². The van der Waals surface area contributed by atoms with Crippen LogP contribution in [-0.2, 0) is 33.3 Å². The lowest BCUT2D eigenvalue weighted by Crippen LogP contribution is -2.36. The van der Waals surface area contributed by atoms with Gasteiger partial charge in [-0.15, -0.1) is 0 Å². The molecule has 0 fully saturated rings. The molecule has 0 heterocycles. The van der Waals surface area contributed by atoms with E-state index >= 15 is 0 Å². The van der Waals surface area contributed by atoms with Gasteiger partial charge < -0.3 is 34.3 Å². The Bertz CT molecular complexity index is 504. The quantitative estimate of drug-likeness (QED) is 0.200. The van der Waals surface area contributed by atoms with Crippen LogP contribution in [-0.4, -0.2) is 91.0 Å². The number of hydrogen-bond acceptors (Lipinski definition) is 7. The zero-order valence-corrected chi connectivity index (χ0v) is 22.2. The van der Waals surface area contributed by atoms with Crippen molar-refractivity contribution in [3.8, 4) is 0 Å². The predicted octanol–water partition coefficient (Wildman–Crippen LogP) is 2.56. The minimum atomic E-state index is -0.102. The Hall–Kier alpha value is -1.26. The first kappa shape index (κ1) is 32.7. The third-order valence-electron chi connectivity index (χ3n) is 5.49. The van der Waals surface area contributed by atoms with Crippen LogP contribution in [0.1, 0.15) is 60.3 Å². The van der Waals surface area contributed by atoms with Crippen LogP contribution >= 0.6 is 0 Å². The zero-order valence-electron chi connectivity index (χ0n) is 22.2. The van der Waals surface area contributed by atoms with Gasteiger partial charge in [-0.05, 0) is 24.7 Å². The molecule has 0 aromatic carbocycles. The molecule has 0 rings (SSSR count). The van der Waals surface area contributed by atoms with Gasteiger partial charge in [-0.2, -0.15) is 0 Å². The minimum absolute atomic E-state index is 0.0492. The molecule has 0 saturated carbocycles. The molecule has 34 heavy (non-hydrogen) atoms. The molecule has 9 heteroatoms. The topological polar surface area (TPSA) is 104 Å². The standard InChI is InChI=1S/C25H50N2O7/c1-6-9-22(7-2)24(29)26-10-11-30-12-13-31-14-15-32-16-17-33-18-19-34-20-23(28)27-21-25(4,5)8-3/h22H,6-21H2,1-5H3,(H,26,29)(H,27,28). The second kappa shape index (κ2) is 22.2. The molecule has 2 amide bonds. The number of ether oxygens (including phenoxy) is 5. The van der Waals surface area contributed by atoms with Crippen LogP contribution in [0.15, 0.2) is 0 Å². The maximum absolute atomic E-state index is 12.0. The maximum Gasteiger partial charge on any atom is 0.246 e. The smallest absolute Gasteiger partial charge is 0.246 e. The van der Waals surface area contributed by atoms with E-state index in [0.717, 1.165) is 25.7 Å². The summed E-state index contributed by atoms with van der Waals surface area (Å²) in [5, 5.41) is 5.80. The van der Waals surface area contributed by atoms with Crippen LogP contribution in [0.5, 0.6) is 0 Å². The third-order valence-corrected chi connectivity index (χ3v) is 5.49. The summed E-state index contributed by atoms with van der Waals surface area (Å²) in [4.78, 5) is 23.7. The fourth-order valence-corrected chi connectivity index (χ4v) is 2.82. The summed E-state index contributed by atoms with van der Waals surface area (Å²) in [6.45, 7) is 15.9. The molecule has 0 aliphatic heterocycles. The Morgan fingerprint density at radius 3 is 1.71 bits per heavy atom. The number of rotatable bonds is 24. The summed E-state index contributed by atoms with van der Waals surface area (Å²) in [7, 11) is 0. The summed E-state index contributed by atoms with van der Waals surface area (Å²) in [6.07, 6.45) is 3.82. The molecule has 0 aliphatic carbocycles. The molecule has 202 valence electrons. The molecule has 0 bridgehead atoms. The first-order valence-electron chi connectivity index (χ1n) is 12.8. The molecule has 0 aliphatic rings. The summed E-state index contributed by atoms with van der Waals surface area (Å²) >= 11 is 0. The first-order valence-corrected chi connectivity index (χ1v) is 12.8. The van der Waals surface area contributed by atoms with Crippen molar-refractivity contribution in [1.29, 1.82) is 0 Å². The van der Waals surface area contributed by atoms with Crippen LogP contribution < -0.4 is 10.6 Å². The Labute approximate surface area is 206 Å². The maximum atomic E-state index is 12.0. The van der Waals surface area contributed by atoms with Crippen molar-refractivity contribution in [1.82, 2.24) is 10.6 Å². The average Bonchev–Trinajstić information content (AvgIpc) is 2.83. The van der Waals surface area contributed by atoms with Gasteiger partial charge in [0.05, 0.1) is 59.5 Å². The Balaban J connectivity index is 3.31. The molecule has 1 unspecified atom stereocenters. The molecule has 0 aromatic heterocycles. The molecule has 2 N–H and O–H groups in total. The fraction of sp³-hybridized carbons (Fsp3) is 0.920. The van der Waals surface area contributed by atoms with Crippen LogP contribution in [0.4, 0.5) is 0 Å². The third kappa shape index (κ3) is 20.1. The molecule has 0 spiro atoms. The van der Waals surface area contributed by atoms with Gasteiger partial charge in [-0.25, -0.2) is 0 Å². The number of carbonyl (C=O) groups is 2. The Kier molecular flexibility index (Phi) is 21.4. The average molecular weight is 491 g/mol. The van der Waals surface area contributed by atoms with Crippen molar-refractivity contribution in [2.24, 2.45) is 11.3 Å². The van der Waals surface area contributed by atoms with Crippen molar-refractivity contribution in [3.63, 3.8) is 0 Å². The Morgan fingerprint density at radius 1 is 0.735 bits per heavy atom. The van der Waals surface area contributed by atoms with Crippen molar-refractivity contribution < 1.29 is 33.3 Å². The number of carbonyl (C=O) groups excluding carboxylic acids is 2. The van der Waals surface area contributed by atoms with E-state index in [1.807, 2.05) is 6.92 Å². The van der Waals surface area contributed by atoms with E-state index in [2.05, 4.69) is 38.3 Å². The van der Waals surface area contributed by atoms with Crippen molar-refractivity contribution >= 4 is 11.8 Å². The van der Waals surface area contributed by atoms with E-state index in [1.165, 1.54) is 0 Å². The number of hydrogen-bond donors (Lipinski definition) is 2. The fourth-order valence-electron chi connectivity index (χ4n) is 2.82. The summed E-state index contributed by atoms with van der Waals surface area (Å²) < 4.78 is 27.1. The molecular formula is C25H50N2O7. The van der Waals surface area contributed by atoms with Crippen LogP contribution in [0.2, 0.25) is 0 Å². The summed E-state index contributed by atoms with van der Waals surface area (Å²) in [5.74, 6) is 0.121. The SMILES string of the molecule is CCCC(CC)C(=O)NCCOCCOCCOCCOCCOCC(=O)NCC(C)(C)CC. The van der Waals surface area contributed by atoms with Crippen LogP contribution in [0.25, 0.3) is 0 Å². The molecule has 0 aromatic rings. The monoisotopic (exact) mass is 490 g/mol. The highest BCUT2D eigenvalue weighted by molar-refractivity contribution is 5.78. The van der Waals surface area contributed by atoms with Gasteiger partial charge in [-0.3, -0.25) is 9.59 Å².